The highest BCUT2D eigenvalue weighted by Gasteiger charge is 2.08. The van der Waals surface area contributed by atoms with Crippen LogP contribution in [-0.2, 0) is 9.59 Å². The number of nitrogens with zero attached hydrogens (tertiary/aromatic N) is 1. The second-order valence-corrected chi connectivity index (χ2v) is 6.30. The predicted molar refractivity (Wildman–Crippen MR) is 109 cm³/mol. The number of halogens is 1. The molecule has 0 atom stereocenters. The summed E-state index contributed by atoms with van der Waals surface area (Å²) in [4.78, 5) is 23.8. The minimum absolute atomic E-state index is 0.0309. The molecule has 0 aliphatic carbocycles. The van der Waals surface area contributed by atoms with E-state index in [-0.39, 0.29) is 24.7 Å². The van der Waals surface area contributed by atoms with Crippen molar-refractivity contribution in [2.24, 2.45) is 5.10 Å². The molecule has 0 radical (unpaired) electrons. The van der Waals surface area contributed by atoms with E-state index in [1.54, 1.807) is 30.5 Å². The van der Waals surface area contributed by atoms with Crippen molar-refractivity contribution in [3.8, 4) is 0 Å². The van der Waals surface area contributed by atoms with E-state index in [4.69, 9.17) is 11.6 Å². The smallest absolute Gasteiger partial charge is 0.240 e. The molecule has 6 heteroatoms. The van der Waals surface area contributed by atoms with Crippen molar-refractivity contribution in [3.05, 3.63) is 77.3 Å². The third kappa shape index (κ3) is 5.15. The molecule has 0 heterocycles. The summed E-state index contributed by atoms with van der Waals surface area (Å²) in [7, 11) is 0. The minimum atomic E-state index is -0.333. The van der Waals surface area contributed by atoms with Crippen LogP contribution in [0.2, 0.25) is 5.02 Å². The first kappa shape index (κ1) is 18.6. The SMILES string of the molecule is O=C(CCC(=O)Nc1ccccc1Cl)N/N=C/c1cccc2ccccc12. The van der Waals surface area contributed by atoms with E-state index in [0.29, 0.717) is 10.7 Å². The maximum atomic E-state index is 11.9. The van der Waals surface area contributed by atoms with Crippen molar-refractivity contribution in [2.75, 3.05) is 5.32 Å². The van der Waals surface area contributed by atoms with Crippen LogP contribution in [0.25, 0.3) is 10.8 Å². The Morgan fingerprint density at radius 2 is 1.59 bits per heavy atom. The van der Waals surface area contributed by atoms with Gasteiger partial charge in [-0.25, -0.2) is 5.43 Å². The highest BCUT2D eigenvalue weighted by molar-refractivity contribution is 6.33. The molecule has 0 aliphatic heterocycles. The van der Waals surface area contributed by atoms with Gasteiger partial charge in [0.05, 0.1) is 16.9 Å². The van der Waals surface area contributed by atoms with E-state index in [2.05, 4.69) is 15.8 Å². The molecular formula is C21H18ClN3O2. The predicted octanol–water partition coefficient (Wildman–Crippen LogP) is 4.36. The van der Waals surface area contributed by atoms with Gasteiger partial charge in [-0.2, -0.15) is 5.10 Å². The molecule has 3 aromatic rings. The Morgan fingerprint density at radius 1 is 0.889 bits per heavy atom. The highest BCUT2D eigenvalue weighted by atomic mass is 35.5. The third-order valence-corrected chi connectivity index (χ3v) is 4.27. The van der Waals surface area contributed by atoms with Gasteiger partial charge in [-0.1, -0.05) is 66.2 Å². The number of hydrogen-bond donors (Lipinski definition) is 2. The lowest BCUT2D eigenvalue weighted by atomic mass is 10.1. The van der Waals surface area contributed by atoms with Crippen LogP contribution in [0.5, 0.6) is 0 Å². The molecular weight excluding hydrogens is 362 g/mol. The van der Waals surface area contributed by atoms with E-state index < -0.39 is 0 Å². The van der Waals surface area contributed by atoms with Gasteiger partial charge in [0.2, 0.25) is 11.8 Å². The molecule has 0 aliphatic rings. The lowest BCUT2D eigenvalue weighted by Gasteiger charge is -2.06. The van der Waals surface area contributed by atoms with Crippen LogP contribution < -0.4 is 10.7 Å². The number of anilines is 1. The zero-order valence-corrected chi connectivity index (χ0v) is 15.2. The number of fused-ring (bicyclic) bond motifs is 1. The average molecular weight is 380 g/mol. The van der Waals surface area contributed by atoms with Crippen LogP contribution in [0.4, 0.5) is 5.69 Å². The van der Waals surface area contributed by atoms with Crippen molar-refractivity contribution in [3.63, 3.8) is 0 Å². The Bertz CT molecular complexity index is 996. The molecule has 0 fully saturated rings. The summed E-state index contributed by atoms with van der Waals surface area (Å²) in [5, 5.41) is 9.28. The summed E-state index contributed by atoms with van der Waals surface area (Å²) < 4.78 is 0. The summed E-state index contributed by atoms with van der Waals surface area (Å²) in [5.41, 5.74) is 3.88. The summed E-state index contributed by atoms with van der Waals surface area (Å²) in [6.45, 7) is 0. The Labute approximate surface area is 162 Å². The zero-order chi connectivity index (χ0) is 19.1. The summed E-state index contributed by atoms with van der Waals surface area (Å²) in [6.07, 6.45) is 1.67. The molecule has 0 aromatic heterocycles. The minimum Gasteiger partial charge on any atom is -0.325 e. The first-order chi connectivity index (χ1) is 13.1. The van der Waals surface area contributed by atoms with Gasteiger partial charge in [0.25, 0.3) is 0 Å². The van der Waals surface area contributed by atoms with Crippen molar-refractivity contribution in [1.29, 1.82) is 0 Å². The van der Waals surface area contributed by atoms with Crippen LogP contribution in [0.15, 0.2) is 71.8 Å². The number of para-hydroxylation sites is 1. The topological polar surface area (TPSA) is 70.6 Å². The lowest BCUT2D eigenvalue weighted by molar-refractivity contribution is -0.124. The number of nitrogens with one attached hydrogen (secondary N) is 2. The van der Waals surface area contributed by atoms with Crippen molar-refractivity contribution in [1.82, 2.24) is 5.43 Å². The van der Waals surface area contributed by atoms with Gasteiger partial charge in [0, 0.05) is 18.4 Å². The van der Waals surface area contributed by atoms with Crippen molar-refractivity contribution < 1.29 is 9.59 Å². The molecule has 3 aromatic carbocycles. The van der Waals surface area contributed by atoms with Gasteiger partial charge in [-0.3, -0.25) is 9.59 Å². The maximum absolute atomic E-state index is 11.9. The zero-order valence-electron chi connectivity index (χ0n) is 14.5. The molecule has 0 spiro atoms. The monoisotopic (exact) mass is 379 g/mol. The third-order valence-electron chi connectivity index (χ3n) is 3.94. The number of carbonyl (C=O) groups excluding carboxylic acids is 2. The van der Waals surface area contributed by atoms with Gasteiger partial charge in [-0.05, 0) is 22.9 Å². The Morgan fingerprint density at radius 3 is 2.44 bits per heavy atom. The first-order valence-electron chi connectivity index (χ1n) is 8.47. The van der Waals surface area contributed by atoms with E-state index in [1.807, 2.05) is 42.5 Å². The molecule has 27 heavy (non-hydrogen) atoms. The largest absolute Gasteiger partial charge is 0.325 e. The Hall–Kier alpha value is -3.18. The van der Waals surface area contributed by atoms with Gasteiger partial charge in [-0.15, -0.1) is 0 Å². The van der Waals surface area contributed by atoms with Gasteiger partial charge >= 0.3 is 0 Å². The fourth-order valence-corrected chi connectivity index (χ4v) is 2.78. The Kier molecular flexibility index (Phi) is 6.18. The van der Waals surface area contributed by atoms with Crippen LogP contribution in [-0.4, -0.2) is 18.0 Å². The highest BCUT2D eigenvalue weighted by Crippen LogP contribution is 2.20. The summed E-state index contributed by atoms with van der Waals surface area (Å²) in [5.74, 6) is -0.614. The van der Waals surface area contributed by atoms with E-state index in [1.165, 1.54) is 0 Å². The number of benzene rings is 3. The van der Waals surface area contributed by atoms with Gasteiger partial charge < -0.3 is 5.32 Å². The molecule has 3 rings (SSSR count). The van der Waals surface area contributed by atoms with E-state index in [0.717, 1.165) is 16.3 Å². The lowest BCUT2D eigenvalue weighted by Crippen LogP contribution is -2.20. The van der Waals surface area contributed by atoms with Crippen LogP contribution in [0.3, 0.4) is 0 Å². The normalized spacial score (nSPS) is 10.9. The quantitative estimate of drug-likeness (QED) is 0.493. The van der Waals surface area contributed by atoms with Crippen LogP contribution in [0, 0.1) is 0 Å². The fourth-order valence-electron chi connectivity index (χ4n) is 2.60. The number of rotatable bonds is 6. The van der Waals surface area contributed by atoms with E-state index >= 15 is 0 Å². The Balaban J connectivity index is 1.50. The van der Waals surface area contributed by atoms with E-state index in [9.17, 15) is 9.59 Å². The van der Waals surface area contributed by atoms with Gasteiger partial charge in [0.15, 0.2) is 0 Å². The molecule has 2 N–H and O–H groups in total. The second-order valence-electron chi connectivity index (χ2n) is 5.89. The number of amides is 2. The standard InChI is InChI=1S/C21H18ClN3O2/c22-18-10-3-4-11-19(18)24-20(26)12-13-21(27)25-23-14-16-8-5-7-15-6-1-2-9-17(15)16/h1-11,14H,12-13H2,(H,24,26)(H,25,27)/b23-14+. The van der Waals surface area contributed by atoms with Crippen LogP contribution >= 0.6 is 11.6 Å². The summed E-state index contributed by atoms with van der Waals surface area (Å²) in [6, 6.07) is 20.8. The first-order valence-corrected chi connectivity index (χ1v) is 8.85. The van der Waals surface area contributed by atoms with Crippen molar-refractivity contribution >= 4 is 46.1 Å². The van der Waals surface area contributed by atoms with Crippen LogP contribution in [0.1, 0.15) is 18.4 Å². The molecule has 5 nitrogen and oxygen atoms in total. The summed E-state index contributed by atoms with van der Waals surface area (Å²) >= 11 is 5.99. The molecule has 0 saturated carbocycles. The molecule has 2 amide bonds. The molecule has 0 unspecified atom stereocenters. The van der Waals surface area contributed by atoms with Gasteiger partial charge in [0.1, 0.15) is 0 Å². The second kappa shape index (κ2) is 8.96. The number of hydrogen-bond acceptors (Lipinski definition) is 3. The van der Waals surface area contributed by atoms with Crippen molar-refractivity contribution in [2.45, 2.75) is 12.8 Å². The fraction of sp³-hybridized carbons (Fsp3) is 0.0952. The average Bonchev–Trinajstić information content (AvgIpc) is 2.68. The molecule has 0 saturated heterocycles. The molecule has 136 valence electrons. The number of hydrazone groups is 1. The maximum Gasteiger partial charge on any atom is 0.240 e. The molecule has 0 bridgehead atoms. The number of carbonyl (C=O) groups is 2.